The van der Waals surface area contributed by atoms with Gasteiger partial charge >= 0.3 is 0 Å². The summed E-state index contributed by atoms with van der Waals surface area (Å²) < 4.78 is 30.2. The number of aliphatic hydroxyl groups excluding tert-OH is 2. The first-order valence-electron chi connectivity index (χ1n) is 20.8. The molecule has 11 unspecified atom stereocenters. The van der Waals surface area contributed by atoms with E-state index in [0.717, 1.165) is 24.0 Å². The van der Waals surface area contributed by atoms with Crippen LogP contribution >= 0.6 is 0 Å². The van der Waals surface area contributed by atoms with E-state index in [0.29, 0.717) is 44.9 Å². The van der Waals surface area contributed by atoms with Gasteiger partial charge in [0.05, 0.1) is 37.1 Å². The van der Waals surface area contributed by atoms with Crippen LogP contribution in [-0.4, -0.2) is 121 Å². The summed E-state index contributed by atoms with van der Waals surface area (Å²) in [5.74, 6) is -5.87. The first-order chi connectivity index (χ1) is 26.1. The van der Waals surface area contributed by atoms with Crippen LogP contribution in [0.25, 0.3) is 0 Å². The Kier molecular flexibility index (Phi) is 17.1. The molecule has 1 aliphatic carbocycles. The molecule has 2 saturated heterocycles. The van der Waals surface area contributed by atoms with Gasteiger partial charge in [0, 0.05) is 52.0 Å². The molecule has 0 spiro atoms. The molecule has 4 rings (SSSR count). The van der Waals surface area contributed by atoms with E-state index in [1.54, 1.807) is 28.3 Å². The third-order valence-corrected chi connectivity index (χ3v) is 13.1. The number of aliphatic hydroxyl groups is 3. The lowest BCUT2D eigenvalue weighted by atomic mass is 9.78. The lowest BCUT2D eigenvalue weighted by molar-refractivity contribution is -0.302. The standard InChI is InChI=1S/C43H71NO11/c1-10-31-18-25(2)17-26(3)19-37(52-8)40-38(53-9)21-28(5)43(50,55-40)41(48)42(49)44-16-12-11-13-39(44)54-24-32(29(6)34(46)23-35(31)47)27(4)20-30-14-15-33(45)36(22-30)51-7/h18,20,26,28-34,36-40,45-46,50H,10-17,19,21-24H2,1-9H3/b25-18+,27-20+/t26?,28?,29?,30?,31?,32?,33?,34?,36?,37-,38+,39?,40+,43?/m1/s1. The third kappa shape index (κ3) is 11.1. The average molecular weight is 778 g/mol. The van der Waals surface area contributed by atoms with Crippen molar-refractivity contribution in [3.05, 3.63) is 23.3 Å². The Morgan fingerprint density at radius 2 is 1.60 bits per heavy atom. The van der Waals surface area contributed by atoms with Crippen molar-refractivity contribution in [3.63, 3.8) is 0 Å². The maximum Gasteiger partial charge on any atom is 0.297 e. The number of carbonyl (C=O) groups is 3. The van der Waals surface area contributed by atoms with Gasteiger partial charge in [-0.2, -0.15) is 0 Å². The zero-order valence-electron chi connectivity index (χ0n) is 34.9. The van der Waals surface area contributed by atoms with Crippen molar-refractivity contribution in [1.82, 2.24) is 4.90 Å². The molecule has 3 N–H and O–H groups in total. The molecule has 14 atom stereocenters. The van der Waals surface area contributed by atoms with Crippen molar-refractivity contribution in [2.75, 3.05) is 34.5 Å². The van der Waals surface area contributed by atoms with E-state index in [1.807, 2.05) is 33.8 Å². The quantitative estimate of drug-likeness (QED) is 0.242. The molecule has 3 aliphatic heterocycles. The summed E-state index contributed by atoms with van der Waals surface area (Å²) in [4.78, 5) is 43.6. The second-order valence-electron chi connectivity index (χ2n) is 17.2. The number of carbonyl (C=O) groups excluding carboxylic acids is 3. The zero-order chi connectivity index (χ0) is 40.6. The second-order valence-corrected chi connectivity index (χ2v) is 17.2. The number of hydrogen-bond acceptors (Lipinski definition) is 11. The number of rotatable bonds is 6. The van der Waals surface area contributed by atoms with Crippen molar-refractivity contribution in [2.45, 2.75) is 161 Å². The fourth-order valence-corrected chi connectivity index (χ4v) is 9.47. The first-order valence-corrected chi connectivity index (χ1v) is 20.8. The molecule has 314 valence electrons. The Morgan fingerprint density at radius 1 is 0.927 bits per heavy atom. The largest absolute Gasteiger partial charge is 0.392 e. The van der Waals surface area contributed by atoms with Gasteiger partial charge in [-0.15, -0.1) is 0 Å². The lowest BCUT2D eigenvalue weighted by Gasteiger charge is -2.47. The number of amides is 1. The Morgan fingerprint density at radius 3 is 2.25 bits per heavy atom. The van der Waals surface area contributed by atoms with E-state index >= 15 is 0 Å². The number of fused-ring (bicyclic) bond motifs is 3. The summed E-state index contributed by atoms with van der Waals surface area (Å²) in [7, 11) is 4.74. The number of methoxy groups -OCH3 is 3. The van der Waals surface area contributed by atoms with Gasteiger partial charge in [0.25, 0.3) is 11.7 Å². The molecule has 1 amide bonds. The van der Waals surface area contributed by atoms with Crippen molar-refractivity contribution in [1.29, 1.82) is 0 Å². The van der Waals surface area contributed by atoms with Crippen LogP contribution in [0.2, 0.25) is 0 Å². The highest BCUT2D eigenvalue weighted by molar-refractivity contribution is 6.38. The van der Waals surface area contributed by atoms with E-state index in [1.165, 1.54) is 4.90 Å². The van der Waals surface area contributed by atoms with Crippen LogP contribution in [0.3, 0.4) is 0 Å². The van der Waals surface area contributed by atoms with Crippen LogP contribution in [0.1, 0.15) is 112 Å². The highest BCUT2D eigenvalue weighted by atomic mass is 16.7. The van der Waals surface area contributed by atoms with Gasteiger partial charge < -0.3 is 43.9 Å². The predicted octanol–water partition coefficient (Wildman–Crippen LogP) is 5.15. The molecule has 3 heterocycles. The summed E-state index contributed by atoms with van der Waals surface area (Å²) in [5, 5.41) is 34.1. The van der Waals surface area contributed by atoms with Crippen LogP contribution in [0.15, 0.2) is 23.3 Å². The molecule has 12 nitrogen and oxygen atoms in total. The van der Waals surface area contributed by atoms with Gasteiger partial charge in [0.1, 0.15) is 18.1 Å². The number of ether oxygens (including phenoxy) is 5. The van der Waals surface area contributed by atoms with Crippen molar-refractivity contribution in [2.24, 2.45) is 35.5 Å². The fraction of sp³-hybridized carbons (Fsp3) is 0.837. The minimum Gasteiger partial charge on any atom is -0.392 e. The smallest absolute Gasteiger partial charge is 0.297 e. The minimum absolute atomic E-state index is 0.00730. The minimum atomic E-state index is -2.39. The van der Waals surface area contributed by atoms with Crippen molar-refractivity contribution in [3.8, 4) is 0 Å². The molecule has 4 aliphatic rings. The Bertz CT molecular complexity index is 1350. The Balaban J connectivity index is 1.72. The first kappa shape index (κ1) is 45.7. The normalized spacial score (nSPS) is 42.2. The van der Waals surface area contributed by atoms with Gasteiger partial charge in [-0.05, 0) is 95.8 Å². The zero-order valence-corrected chi connectivity index (χ0v) is 34.9. The fourth-order valence-electron chi connectivity index (χ4n) is 9.47. The summed E-state index contributed by atoms with van der Waals surface area (Å²) >= 11 is 0. The molecule has 0 aromatic heterocycles. The Hall–Kier alpha value is -2.03. The van der Waals surface area contributed by atoms with Crippen LogP contribution in [0.5, 0.6) is 0 Å². The van der Waals surface area contributed by atoms with E-state index in [-0.39, 0.29) is 67.5 Å². The van der Waals surface area contributed by atoms with Gasteiger partial charge in [-0.25, -0.2) is 0 Å². The predicted molar refractivity (Wildman–Crippen MR) is 208 cm³/mol. The second kappa shape index (κ2) is 20.6. The van der Waals surface area contributed by atoms with E-state index in [9.17, 15) is 29.7 Å². The highest BCUT2D eigenvalue weighted by Crippen LogP contribution is 2.39. The number of nitrogens with zero attached hydrogens (tertiary/aromatic N) is 1. The van der Waals surface area contributed by atoms with Gasteiger partial charge in [0.15, 0.2) is 0 Å². The maximum absolute atomic E-state index is 14.2. The highest BCUT2D eigenvalue weighted by Gasteiger charge is 2.56. The Labute approximate surface area is 329 Å². The van der Waals surface area contributed by atoms with E-state index in [2.05, 4.69) is 13.0 Å². The molecule has 0 aromatic rings. The summed E-state index contributed by atoms with van der Waals surface area (Å²) in [6.07, 6.45) is 5.96. The van der Waals surface area contributed by atoms with Gasteiger partial charge in [-0.3, -0.25) is 14.4 Å². The van der Waals surface area contributed by atoms with Crippen molar-refractivity contribution >= 4 is 17.5 Å². The van der Waals surface area contributed by atoms with Crippen molar-refractivity contribution < 1.29 is 53.4 Å². The maximum atomic E-state index is 14.2. The number of allylic oxidation sites excluding steroid dienone is 3. The molecular formula is C43H71NO11. The summed E-state index contributed by atoms with van der Waals surface area (Å²) in [6, 6.07) is 0. The van der Waals surface area contributed by atoms with Gasteiger partial charge in [-0.1, -0.05) is 51.0 Å². The van der Waals surface area contributed by atoms with Crippen LogP contribution in [0, 0.1) is 35.5 Å². The molecule has 0 radical (unpaired) electrons. The molecule has 55 heavy (non-hydrogen) atoms. The average Bonchev–Trinajstić information content (AvgIpc) is 3.16. The number of Topliss-reactive ketones (excluding diaryl/α,β-unsaturated/α-hetero) is 2. The summed E-state index contributed by atoms with van der Waals surface area (Å²) in [5.41, 5.74) is 2.03. The molecule has 1 saturated carbocycles. The van der Waals surface area contributed by atoms with E-state index in [4.69, 9.17) is 23.7 Å². The monoisotopic (exact) mass is 778 g/mol. The molecule has 0 aromatic carbocycles. The van der Waals surface area contributed by atoms with Gasteiger partial charge in [0.2, 0.25) is 5.79 Å². The van der Waals surface area contributed by atoms with E-state index < -0.39 is 60.1 Å². The SMILES string of the molecule is CCC1/C=C(\C)CC(C)C[C@@H](OC)[C@@H]2OC(O)(C(=O)C(=O)N3CCCCC3OCC(/C(C)=C/C3CCC(O)C(OC)C3)C(C)C(O)CC1=O)C(C)C[C@@H]2OC. The number of piperidine rings is 1. The molecule has 2 bridgehead atoms. The molecule has 12 heteroatoms. The third-order valence-electron chi connectivity index (χ3n) is 13.1. The number of ketones is 2. The topological polar surface area (TPSA) is 161 Å². The summed E-state index contributed by atoms with van der Waals surface area (Å²) in [6.45, 7) is 12.1. The van der Waals surface area contributed by atoms with Crippen LogP contribution < -0.4 is 0 Å². The molecular weight excluding hydrogens is 706 g/mol. The molecule has 3 fully saturated rings. The van der Waals surface area contributed by atoms with Crippen LogP contribution in [-0.2, 0) is 38.1 Å². The van der Waals surface area contributed by atoms with Crippen LogP contribution in [0.4, 0.5) is 0 Å². The lowest BCUT2D eigenvalue weighted by Crippen LogP contribution is -2.64. The number of hydrogen-bond donors (Lipinski definition) is 3.